The first kappa shape index (κ1) is 19.8. The van der Waals surface area contributed by atoms with E-state index >= 15 is 0 Å². The summed E-state index contributed by atoms with van der Waals surface area (Å²) in [5.74, 6) is 0.521. The first-order valence-electron chi connectivity index (χ1n) is 9.77. The number of carbonyl (C=O) groups is 1. The van der Waals surface area contributed by atoms with Gasteiger partial charge in [0.1, 0.15) is 10.8 Å². The Morgan fingerprint density at radius 1 is 1.24 bits per heavy atom. The smallest absolute Gasteiger partial charge is 0.259 e. The maximum Gasteiger partial charge on any atom is 0.259 e. The van der Waals surface area contributed by atoms with Gasteiger partial charge in [0, 0.05) is 37.8 Å². The van der Waals surface area contributed by atoms with Crippen LogP contribution >= 0.6 is 11.3 Å². The number of methoxy groups -OCH3 is 1. The minimum atomic E-state index is -0.653. The number of amides is 1. The highest BCUT2D eigenvalue weighted by molar-refractivity contribution is 7.09. The van der Waals surface area contributed by atoms with Gasteiger partial charge in [0.2, 0.25) is 0 Å². The summed E-state index contributed by atoms with van der Waals surface area (Å²) in [7, 11) is 1.55. The summed E-state index contributed by atoms with van der Waals surface area (Å²) >= 11 is 1.70. The Morgan fingerprint density at radius 2 is 2.03 bits per heavy atom. The summed E-state index contributed by atoms with van der Waals surface area (Å²) in [5, 5.41) is 10.7. The van der Waals surface area contributed by atoms with Crippen LogP contribution in [0.3, 0.4) is 0 Å². The minimum Gasteiger partial charge on any atom is -0.367 e. The summed E-state index contributed by atoms with van der Waals surface area (Å²) in [5.41, 5.74) is 0.828. The highest BCUT2D eigenvalue weighted by Crippen LogP contribution is 2.27. The second kappa shape index (κ2) is 9.30. The van der Waals surface area contributed by atoms with E-state index in [9.17, 15) is 4.79 Å². The zero-order valence-electron chi connectivity index (χ0n) is 16.4. The minimum absolute atomic E-state index is 0.193. The van der Waals surface area contributed by atoms with Crippen LogP contribution in [-0.4, -0.2) is 45.8 Å². The molecule has 1 N–H and O–H groups in total. The number of rotatable bonds is 7. The highest BCUT2D eigenvalue weighted by atomic mass is 32.1. The molecule has 1 fully saturated rings. The molecule has 1 atom stereocenters. The number of carbonyl (C=O) groups excluding carboxylic acids is 1. The molecule has 0 radical (unpaired) electrons. The lowest BCUT2D eigenvalue weighted by molar-refractivity contribution is -0.126. The second-order valence-corrected chi connectivity index (χ2v) is 8.09. The van der Waals surface area contributed by atoms with Crippen molar-refractivity contribution in [2.75, 3.05) is 25.5 Å². The van der Waals surface area contributed by atoms with E-state index in [2.05, 4.69) is 20.3 Å². The maximum atomic E-state index is 12.8. The summed E-state index contributed by atoms with van der Waals surface area (Å²) in [6.45, 7) is 2.88. The van der Waals surface area contributed by atoms with Crippen LogP contribution in [0, 0.1) is 0 Å². The molecule has 3 heterocycles. The number of piperidine rings is 1. The van der Waals surface area contributed by atoms with E-state index in [4.69, 9.17) is 4.74 Å². The summed E-state index contributed by atoms with van der Waals surface area (Å²) in [4.78, 5) is 19.6. The third-order valence-corrected chi connectivity index (χ3v) is 6.01. The summed E-state index contributed by atoms with van der Waals surface area (Å²) in [6, 6.07) is 11.6. The maximum absolute atomic E-state index is 12.8. The molecule has 29 heavy (non-hydrogen) atoms. The lowest BCUT2D eigenvalue weighted by Gasteiger charge is -2.32. The molecule has 1 amide bonds. The Labute approximate surface area is 174 Å². The van der Waals surface area contributed by atoms with Gasteiger partial charge in [-0.3, -0.25) is 9.69 Å². The van der Waals surface area contributed by atoms with Crippen LogP contribution < -0.4 is 5.32 Å². The topological polar surface area (TPSA) is 72.3 Å². The van der Waals surface area contributed by atoms with Crippen LogP contribution in [0.2, 0.25) is 0 Å². The first-order chi connectivity index (χ1) is 14.2. The molecule has 1 saturated heterocycles. The van der Waals surface area contributed by atoms with Crippen molar-refractivity contribution < 1.29 is 9.53 Å². The molecule has 1 aliphatic heterocycles. The number of likely N-dealkylation sites (tertiary alicyclic amines) is 1. The fraction of sp³-hybridized carbons (Fsp3) is 0.381. The third-order valence-electron chi connectivity index (χ3n) is 5.24. The van der Waals surface area contributed by atoms with Crippen molar-refractivity contribution in [1.82, 2.24) is 19.7 Å². The lowest BCUT2D eigenvalue weighted by atomic mass is 10.1. The van der Waals surface area contributed by atoms with Crippen LogP contribution in [0.5, 0.6) is 0 Å². The number of ether oxygens (including phenoxy) is 1. The SMILES string of the molecule is CO[C@H](C(=O)Nc1ccnn1C1CCN(Cc2nccs2)CC1)c1ccccc1. The van der Waals surface area contributed by atoms with Crippen molar-refractivity contribution in [3.05, 3.63) is 64.7 Å². The quantitative estimate of drug-likeness (QED) is 0.644. The number of nitrogens with zero attached hydrogens (tertiary/aromatic N) is 4. The van der Waals surface area contributed by atoms with Crippen molar-refractivity contribution in [3.8, 4) is 0 Å². The van der Waals surface area contributed by atoms with Crippen molar-refractivity contribution in [2.24, 2.45) is 0 Å². The molecular weight excluding hydrogens is 386 g/mol. The van der Waals surface area contributed by atoms with E-state index in [0.717, 1.165) is 43.0 Å². The number of thiazole rings is 1. The Kier molecular flexibility index (Phi) is 6.33. The Bertz CT molecular complexity index is 904. The average Bonchev–Trinajstić information content (AvgIpc) is 3.42. The molecule has 0 bridgehead atoms. The van der Waals surface area contributed by atoms with Gasteiger partial charge in [0.05, 0.1) is 18.8 Å². The van der Waals surface area contributed by atoms with Crippen molar-refractivity contribution in [2.45, 2.75) is 31.5 Å². The van der Waals surface area contributed by atoms with Crippen LogP contribution in [0.25, 0.3) is 0 Å². The van der Waals surface area contributed by atoms with Crippen molar-refractivity contribution in [3.63, 3.8) is 0 Å². The van der Waals surface area contributed by atoms with E-state index in [-0.39, 0.29) is 11.9 Å². The molecule has 0 saturated carbocycles. The third kappa shape index (κ3) is 4.72. The fourth-order valence-electron chi connectivity index (χ4n) is 3.76. The second-order valence-electron chi connectivity index (χ2n) is 7.11. The molecule has 152 valence electrons. The van der Waals surface area contributed by atoms with Gasteiger partial charge in [-0.2, -0.15) is 5.10 Å². The summed E-state index contributed by atoms with van der Waals surface area (Å²) in [6.07, 6.45) is 4.92. The molecule has 0 unspecified atom stereocenters. The molecule has 7 nitrogen and oxygen atoms in total. The molecule has 3 aromatic rings. The van der Waals surface area contributed by atoms with Crippen LogP contribution in [0.1, 0.15) is 35.6 Å². The fourth-order valence-corrected chi connectivity index (χ4v) is 4.42. The number of nitrogens with one attached hydrogen (secondary N) is 1. The standard InChI is InChI=1S/C21H25N5O2S/c1-28-20(16-5-3-2-4-6-16)21(27)24-18-7-10-23-26(18)17-8-12-25(13-9-17)15-19-22-11-14-29-19/h2-7,10-11,14,17,20H,8-9,12-13,15H2,1H3,(H,24,27)/t20-/m0/s1. The first-order valence-corrected chi connectivity index (χ1v) is 10.7. The molecule has 0 spiro atoms. The largest absolute Gasteiger partial charge is 0.367 e. The molecule has 0 aliphatic carbocycles. The van der Waals surface area contributed by atoms with Gasteiger partial charge >= 0.3 is 0 Å². The normalized spacial score (nSPS) is 16.6. The number of hydrogen-bond acceptors (Lipinski definition) is 6. The summed E-state index contributed by atoms with van der Waals surface area (Å²) < 4.78 is 7.38. The molecule has 1 aliphatic rings. The van der Waals surface area contributed by atoms with Crippen molar-refractivity contribution >= 4 is 23.1 Å². The van der Waals surface area contributed by atoms with E-state index < -0.39 is 6.10 Å². The molecule has 1 aromatic carbocycles. The molecule has 2 aromatic heterocycles. The van der Waals surface area contributed by atoms with Crippen LogP contribution in [0.4, 0.5) is 5.82 Å². The molecule has 4 rings (SSSR count). The van der Waals surface area contributed by atoms with E-state index in [1.807, 2.05) is 52.7 Å². The zero-order chi connectivity index (χ0) is 20.1. The monoisotopic (exact) mass is 411 g/mol. The number of benzene rings is 1. The van der Waals surface area contributed by atoms with Crippen molar-refractivity contribution in [1.29, 1.82) is 0 Å². The van der Waals surface area contributed by atoms with Gasteiger partial charge in [0.25, 0.3) is 5.91 Å². The predicted molar refractivity (Wildman–Crippen MR) is 113 cm³/mol. The van der Waals surface area contributed by atoms with E-state index in [1.165, 1.54) is 0 Å². The Morgan fingerprint density at radius 3 is 2.72 bits per heavy atom. The van der Waals surface area contributed by atoms with Gasteiger partial charge < -0.3 is 10.1 Å². The lowest BCUT2D eigenvalue weighted by Crippen LogP contribution is -2.35. The number of anilines is 1. The van der Waals surface area contributed by atoms with Gasteiger partial charge in [-0.25, -0.2) is 9.67 Å². The molecular formula is C21H25N5O2S. The van der Waals surface area contributed by atoms with E-state index in [0.29, 0.717) is 5.82 Å². The van der Waals surface area contributed by atoms with Gasteiger partial charge in [0.15, 0.2) is 6.10 Å². The molecule has 8 heteroatoms. The van der Waals surface area contributed by atoms with Crippen LogP contribution in [-0.2, 0) is 16.1 Å². The van der Waals surface area contributed by atoms with Crippen LogP contribution in [0.15, 0.2) is 54.2 Å². The Hall–Kier alpha value is -2.55. The van der Waals surface area contributed by atoms with Gasteiger partial charge in [-0.05, 0) is 18.4 Å². The predicted octanol–water partition coefficient (Wildman–Crippen LogP) is 3.50. The number of aromatic nitrogens is 3. The zero-order valence-corrected chi connectivity index (χ0v) is 17.2. The highest BCUT2D eigenvalue weighted by Gasteiger charge is 2.25. The van der Waals surface area contributed by atoms with E-state index in [1.54, 1.807) is 24.6 Å². The average molecular weight is 412 g/mol. The van der Waals surface area contributed by atoms with Gasteiger partial charge in [-0.1, -0.05) is 30.3 Å². The number of hydrogen-bond donors (Lipinski definition) is 1. The van der Waals surface area contributed by atoms with Gasteiger partial charge in [-0.15, -0.1) is 11.3 Å². The Balaban J connectivity index is 1.38.